The zero-order chi connectivity index (χ0) is 21.2. The lowest BCUT2D eigenvalue weighted by molar-refractivity contribution is -0.140. The summed E-state index contributed by atoms with van der Waals surface area (Å²) >= 11 is 0. The zero-order valence-electron chi connectivity index (χ0n) is 15.5. The topological polar surface area (TPSA) is 64.7 Å². The largest absolute Gasteiger partial charge is 0.405 e. The smallest absolute Gasteiger partial charge is 0.367 e. The van der Waals surface area contributed by atoms with Crippen molar-refractivity contribution in [2.24, 2.45) is 0 Å². The molecule has 1 unspecified atom stereocenters. The van der Waals surface area contributed by atoms with E-state index in [4.69, 9.17) is 0 Å². The van der Waals surface area contributed by atoms with Crippen molar-refractivity contribution in [2.45, 2.75) is 37.9 Å². The lowest BCUT2D eigenvalue weighted by atomic mass is 10.2. The van der Waals surface area contributed by atoms with Crippen LogP contribution >= 0.6 is 0 Å². The van der Waals surface area contributed by atoms with Crippen LogP contribution in [-0.2, 0) is 4.79 Å². The van der Waals surface area contributed by atoms with Gasteiger partial charge in [-0.2, -0.15) is 13.2 Å². The number of benzene rings is 1. The fourth-order valence-corrected chi connectivity index (χ4v) is 3.66. The van der Waals surface area contributed by atoms with Gasteiger partial charge in [0.1, 0.15) is 18.3 Å². The van der Waals surface area contributed by atoms with E-state index >= 15 is 0 Å². The minimum Gasteiger partial charge on any atom is -0.367 e. The Morgan fingerprint density at radius 1 is 1.03 bits per heavy atom. The molecular weight excluding hydrogens is 399 g/mol. The molecule has 2 aliphatic rings. The fourth-order valence-electron chi connectivity index (χ4n) is 3.66. The Morgan fingerprint density at radius 2 is 1.66 bits per heavy atom. The molecule has 3 rings (SSSR count). The van der Waals surface area contributed by atoms with Gasteiger partial charge in [0, 0.05) is 25.3 Å². The van der Waals surface area contributed by atoms with E-state index in [1.54, 1.807) is 10.2 Å². The molecule has 1 atom stereocenters. The molecule has 0 bridgehead atoms. The molecule has 2 N–H and O–H groups in total. The van der Waals surface area contributed by atoms with Gasteiger partial charge in [-0.15, -0.1) is 0 Å². The summed E-state index contributed by atoms with van der Waals surface area (Å²) in [5.74, 6) is -2.55. The van der Waals surface area contributed by atoms with Crippen molar-refractivity contribution in [1.82, 2.24) is 10.2 Å². The van der Waals surface area contributed by atoms with Crippen LogP contribution in [0.4, 0.5) is 38.1 Å². The van der Waals surface area contributed by atoms with Gasteiger partial charge >= 0.3 is 12.2 Å². The minimum absolute atomic E-state index is 0.130. The Labute approximate surface area is 164 Å². The number of carbonyl (C=O) groups excluding carboxylic acids is 2. The first-order valence-corrected chi connectivity index (χ1v) is 9.32. The summed E-state index contributed by atoms with van der Waals surface area (Å²) in [4.78, 5) is 27.1. The van der Waals surface area contributed by atoms with Crippen molar-refractivity contribution in [3.63, 3.8) is 0 Å². The number of nitrogens with zero attached hydrogens (tertiary/aromatic N) is 2. The van der Waals surface area contributed by atoms with Gasteiger partial charge in [0.15, 0.2) is 11.6 Å². The third kappa shape index (κ3) is 5.07. The van der Waals surface area contributed by atoms with Crippen molar-refractivity contribution < 1.29 is 31.5 Å². The average Bonchev–Trinajstić information content (AvgIpc) is 3.30. The molecule has 0 radical (unpaired) electrons. The van der Waals surface area contributed by atoms with Crippen LogP contribution in [0.5, 0.6) is 0 Å². The molecule has 3 amide bonds. The van der Waals surface area contributed by atoms with Crippen molar-refractivity contribution >= 4 is 23.3 Å². The molecule has 2 heterocycles. The predicted octanol–water partition coefficient (Wildman–Crippen LogP) is 3.24. The Bertz CT molecular complexity index is 757. The molecule has 2 aliphatic heterocycles. The predicted molar refractivity (Wildman–Crippen MR) is 95.6 cm³/mol. The van der Waals surface area contributed by atoms with Gasteiger partial charge in [0.2, 0.25) is 5.91 Å². The number of hydrogen-bond acceptors (Lipinski definition) is 3. The van der Waals surface area contributed by atoms with E-state index in [0.29, 0.717) is 19.5 Å². The lowest BCUT2D eigenvalue weighted by Gasteiger charge is -2.25. The highest BCUT2D eigenvalue weighted by atomic mass is 19.4. The van der Waals surface area contributed by atoms with Gasteiger partial charge in [-0.05, 0) is 37.8 Å². The second kappa shape index (κ2) is 8.42. The summed E-state index contributed by atoms with van der Waals surface area (Å²) in [6.07, 6.45) is -2.26. The molecule has 2 fully saturated rings. The first-order valence-electron chi connectivity index (χ1n) is 9.32. The van der Waals surface area contributed by atoms with Gasteiger partial charge in [0.25, 0.3) is 0 Å². The molecule has 11 heteroatoms. The standard InChI is InChI=1S/C18H21F5N4O2/c19-12-8-11(9-13(20)15(12)26-5-1-2-6-26)25-17(29)27-7-3-4-14(27)16(28)24-10-18(21,22)23/h8-9,14H,1-7,10H2,(H,24,28)(H,25,29). The van der Waals surface area contributed by atoms with Crippen molar-refractivity contribution in [2.75, 3.05) is 36.4 Å². The van der Waals surface area contributed by atoms with E-state index in [2.05, 4.69) is 5.32 Å². The molecule has 0 spiro atoms. The molecule has 0 saturated carbocycles. The third-order valence-electron chi connectivity index (χ3n) is 4.97. The summed E-state index contributed by atoms with van der Waals surface area (Å²) in [6, 6.07) is 0.102. The molecule has 0 aromatic heterocycles. The third-order valence-corrected chi connectivity index (χ3v) is 4.97. The number of anilines is 2. The number of rotatable bonds is 4. The van der Waals surface area contributed by atoms with Crippen LogP contribution in [-0.4, -0.2) is 55.2 Å². The number of halogens is 5. The second-order valence-corrected chi connectivity index (χ2v) is 7.10. The van der Waals surface area contributed by atoms with Crippen LogP contribution in [0.15, 0.2) is 12.1 Å². The molecule has 1 aromatic carbocycles. The Hall–Kier alpha value is -2.59. The average molecular weight is 420 g/mol. The summed E-state index contributed by atoms with van der Waals surface area (Å²) in [5, 5.41) is 4.09. The SMILES string of the molecule is O=C(NCC(F)(F)F)C1CCCN1C(=O)Nc1cc(F)c(N2CCCC2)c(F)c1. The summed E-state index contributed by atoms with van der Waals surface area (Å²) in [7, 11) is 0. The van der Waals surface area contributed by atoms with Crippen molar-refractivity contribution in [3.8, 4) is 0 Å². The van der Waals surface area contributed by atoms with Crippen LogP contribution in [0.25, 0.3) is 0 Å². The van der Waals surface area contributed by atoms with Crippen molar-refractivity contribution in [3.05, 3.63) is 23.8 Å². The Morgan fingerprint density at radius 3 is 2.24 bits per heavy atom. The first kappa shape index (κ1) is 21.1. The molecule has 29 heavy (non-hydrogen) atoms. The van der Waals surface area contributed by atoms with E-state index in [-0.39, 0.29) is 24.3 Å². The molecule has 2 saturated heterocycles. The number of alkyl halides is 3. The highest BCUT2D eigenvalue weighted by Gasteiger charge is 2.36. The van der Waals surface area contributed by atoms with Crippen LogP contribution in [0.3, 0.4) is 0 Å². The zero-order valence-corrected chi connectivity index (χ0v) is 15.5. The van der Waals surface area contributed by atoms with Gasteiger partial charge in [-0.3, -0.25) is 4.79 Å². The van der Waals surface area contributed by atoms with Crippen LogP contribution in [0.1, 0.15) is 25.7 Å². The van der Waals surface area contributed by atoms with E-state index in [0.717, 1.165) is 29.9 Å². The van der Waals surface area contributed by atoms with E-state index in [9.17, 15) is 31.5 Å². The number of likely N-dealkylation sites (tertiary alicyclic amines) is 1. The molecular formula is C18H21F5N4O2. The van der Waals surface area contributed by atoms with Gasteiger partial charge < -0.3 is 20.4 Å². The molecule has 6 nitrogen and oxygen atoms in total. The number of hydrogen-bond donors (Lipinski definition) is 2. The van der Waals surface area contributed by atoms with E-state index in [1.165, 1.54) is 0 Å². The van der Waals surface area contributed by atoms with E-state index in [1.807, 2.05) is 0 Å². The van der Waals surface area contributed by atoms with Crippen LogP contribution in [0, 0.1) is 11.6 Å². The van der Waals surface area contributed by atoms with Gasteiger partial charge in [-0.25, -0.2) is 13.6 Å². The molecule has 0 aliphatic carbocycles. The summed E-state index contributed by atoms with van der Waals surface area (Å²) in [5.41, 5.74) is -0.277. The fraction of sp³-hybridized carbons (Fsp3) is 0.556. The number of carbonyl (C=O) groups is 2. The number of urea groups is 1. The number of amides is 3. The lowest BCUT2D eigenvalue weighted by Crippen LogP contribution is -2.49. The molecule has 160 valence electrons. The monoisotopic (exact) mass is 420 g/mol. The highest BCUT2D eigenvalue weighted by Crippen LogP contribution is 2.30. The normalized spacial score (nSPS) is 19.6. The number of nitrogens with one attached hydrogen (secondary N) is 2. The van der Waals surface area contributed by atoms with Gasteiger partial charge in [0.05, 0.1) is 0 Å². The first-order chi connectivity index (χ1) is 13.7. The minimum atomic E-state index is -4.56. The molecule has 1 aromatic rings. The summed E-state index contributed by atoms with van der Waals surface area (Å²) < 4.78 is 65.6. The van der Waals surface area contributed by atoms with Gasteiger partial charge in [-0.1, -0.05) is 0 Å². The summed E-state index contributed by atoms with van der Waals surface area (Å²) in [6.45, 7) is -0.261. The maximum absolute atomic E-state index is 14.4. The van der Waals surface area contributed by atoms with Crippen LogP contribution < -0.4 is 15.5 Å². The Kier molecular flexibility index (Phi) is 6.13. The quantitative estimate of drug-likeness (QED) is 0.736. The van der Waals surface area contributed by atoms with Crippen molar-refractivity contribution in [1.29, 1.82) is 0 Å². The maximum atomic E-state index is 14.4. The van der Waals surface area contributed by atoms with Crippen LogP contribution in [0.2, 0.25) is 0 Å². The van der Waals surface area contributed by atoms with E-state index < -0.39 is 42.3 Å². The highest BCUT2D eigenvalue weighted by molar-refractivity contribution is 5.94. The Balaban J connectivity index is 1.66. The second-order valence-electron chi connectivity index (χ2n) is 7.10. The maximum Gasteiger partial charge on any atom is 0.405 e.